The molecule has 0 aliphatic heterocycles. The highest BCUT2D eigenvalue weighted by molar-refractivity contribution is 7.85. The number of quaternary nitrogens is 1. The van der Waals surface area contributed by atoms with Crippen LogP contribution in [0.1, 0.15) is 0 Å². The minimum absolute atomic E-state index is 0. The summed E-state index contributed by atoms with van der Waals surface area (Å²) in [5, 5.41) is 19.4. The summed E-state index contributed by atoms with van der Waals surface area (Å²) in [6.45, 7) is 0. The Labute approximate surface area is 97.5 Å². The van der Waals surface area contributed by atoms with Crippen LogP contribution in [-0.4, -0.2) is 23.2 Å². The maximum atomic E-state index is 10.8. The van der Waals surface area contributed by atoms with Crippen molar-refractivity contribution in [3.05, 3.63) is 30.3 Å². The lowest BCUT2D eigenvalue weighted by atomic mass is 10.1. The minimum atomic E-state index is -4.60. The Morgan fingerprint density at radius 2 is 1.71 bits per heavy atom. The molecule has 0 atom stereocenters. The van der Waals surface area contributed by atoms with Gasteiger partial charge in [-0.2, -0.15) is 0 Å². The van der Waals surface area contributed by atoms with Crippen molar-refractivity contribution < 1.29 is 23.2 Å². The van der Waals surface area contributed by atoms with E-state index in [0.717, 1.165) is 12.1 Å². The predicted molar refractivity (Wildman–Crippen MR) is 61.2 cm³/mol. The largest absolute Gasteiger partial charge is 0.744 e. The van der Waals surface area contributed by atoms with Crippen molar-refractivity contribution in [1.82, 2.24) is 6.15 Å². The molecule has 0 aliphatic rings. The second-order valence-corrected chi connectivity index (χ2v) is 4.68. The molecule has 0 aromatic heterocycles. The van der Waals surface area contributed by atoms with Gasteiger partial charge in [-0.1, -0.05) is 6.07 Å². The van der Waals surface area contributed by atoms with E-state index in [1.165, 1.54) is 18.2 Å². The third-order valence-electron chi connectivity index (χ3n) is 2.18. The lowest BCUT2D eigenvalue weighted by molar-refractivity contribution is 0.458. The van der Waals surface area contributed by atoms with E-state index >= 15 is 0 Å². The van der Waals surface area contributed by atoms with E-state index in [4.69, 9.17) is 0 Å². The molecule has 0 unspecified atom stereocenters. The summed E-state index contributed by atoms with van der Waals surface area (Å²) in [6, 6.07) is 6.05. The molecule has 0 bridgehead atoms. The normalized spacial score (nSPS) is 11.1. The first-order valence-corrected chi connectivity index (χ1v) is 5.70. The summed E-state index contributed by atoms with van der Waals surface area (Å²) in [5.41, 5.74) is 0. The predicted octanol–water partition coefficient (Wildman–Crippen LogP) is 1.53. The fourth-order valence-electron chi connectivity index (χ4n) is 1.44. The van der Waals surface area contributed by atoms with E-state index in [1.807, 2.05) is 0 Å². The van der Waals surface area contributed by atoms with E-state index < -0.39 is 15.0 Å². The molecule has 0 saturated carbocycles. The standard InChI is InChI=1S/C10H8O5S.H3N/c11-7-2-1-6-3-8(16(13,14)15)5-10(12)9(6)4-7;/h1-5,11-12H,(H,13,14,15);1H3. The Kier molecular flexibility index (Phi) is 3.28. The number of aromatic hydroxyl groups is 2. The summed E-state index contributed by atoms with van der Waals surface area (Å²) >= 11 is 0. The van der Waals surface area contributed by atoms with Crippen molar-refractivity contribution >= 4 is 20.9 Å². The molecule has 0 spiro atoms. The highest BCUT2D eigenvalue weighted by Gasteiger charge is 2.08. The van der Waals surface area contributed by atoms with Gasteiger partial charge in [0, 0.05) is 5.39 Å². The molecule has 6 N–H and O–H groups in total. The van der Waals surface area contributed by atoms with Gasteiger partial charge in [-0.05, 0) is 29.7 Å². The van der Waals surface area contributed by atoms with Crippen molar-refractivity contribution in [2.75, 3.05) is 0 Å². The topological polar surface area (TPSA) is 134 Å². The Bertz CT molecular complexity index is 666. The van der Waals surface area contributed by atoms with Crippen molar-refractivity contribution in [1.29, 1.82) is 0 Å². The molecule has 0 saturated heterocycles. The molecule has 17 heavy (non-hydrogen) atoms. The smallest absolute Gasteiger partial charge is 0.124 e. The number of hydrogen-bond donors (Lipinski definition) is 3. The van der Waals surface area contributed by atoms with Gasteiger partial charge in [0.1, 0.15) is 21.6 Å². The lowest BCUT2D eigenvalue weighted by Crippen LogP contribution is -1.98. The second-order valence-electron chi connectivity index (χ2n) is 3.30. The number of phenols is 2. The molecule has 0 radical (unpaired) electrons. The number of hydrogen-bond acceptors (Lipinski definition) is 5. The van der Waals surface area contributed by atoms with E-state index in [-0.39, 0.29) is 23.0 Å². The zero-order valence-electron chi connectivity index (χ0n) is 8.91. The van der Waals surface area contributed by atoms with Crippen molar-refractivity contribution in [2.24, 2.45) is 0 Å². The van der Waals surface area contributed by atoms with Crippen LogP contribution in [0.5, 0.6) is 11.5 Å². The highest BCUT2D eigenvalue weighted by Crippen LogP contribution is 2.30. The molecule has 2 aromatic carbocycles. The second kappa shape index (κ2) is 4.21. The first-order valence-electron chi connectivity index (χ1n) is 4.29. The molecule has 6 nitrogen and oxygen atoms in total. The van der Waals surface area contributed by atoms with E-state index in [9.17, 15) is 23.2 Å². The third kappa shape index (κ3) is 2.47. The van der Waals surface area contributed by atoms with Gasteiger partial charge in [-0.25, -0.2) is 8.42 Å². The molecule has 7 heteroatoms. The zero-order chi connectivity index (χ0) is 11.9. The third-order valence-corrected chi connectivity index (χ3v) is 2.99. The fraction of sp³-hybridized carbons (Fsp3) is 0. The van der Waals surface area contributed by atoms with Gasteiger partial charge in [0.2, 0.25) is 0 Å². The van der Waals surface area contributed by atoms with Crippen LogP contribution in [-0.2, 0) is 10.1 Å². The lowest BCUT2D eigenvalue weighted by Gasteiger charge is -2.09. The van der Waals surface area contributed by atoms with Crippen LogP contribution < -0.4 is 6.15 Å². The number of rotatable bonds is 1. The van der Waals surface area contributed by atoms with Crippen LogP contribution in [0, 0.1) is 0 Å². The quantitative estimate of drug-likeness (QED) is 0.666. The van der Waals surface area contributed by atoms with Crippen LogP contribution in [0.3, 0.4) is 0 Å². The van der Waals surface area contributed by atoms with Gasteiger partial charge in [-0.3, -0.25) is 0 Å². The van der Waals surface area contributed by atoms with Crippen molar-refractivity contribution in [3.63, 3.8) is 0 Å². The van der Waals surface area contributed by atoms with Gasteiger partial charge in [0.15, 0.2) is 0 Å². The first-order chi connectivity index (χ1) is 7.38. The Balaban J connectivity index is 0.00000144. The van der Waals surface area contributed by atoms with Gasteiger partial charge in [0.25, 0.3) is 0 Å². The minimum Gasteiger partial charge on any atom is -0.744 e. The van der Waals surface area contributed by atoms with Crippen LogP contribution >= 0.6 is 0 Å². The number of benzene rings is 2. The van der Waals surface area contributed by atoms with Crippen LogP contribution in [0.4, 0.5) is 0 Å². The van der Waals surface area contributed by atoms with Gasteiger partial charge in [0.05, 0.1) is 4.90 Å². The maximum absolute atomic E-state index is 10.8. The van der Waals surface area contributed by atoms with Gasteiger partial charge >= 0.3 is 0 Å². The van der Waals surface area contributed by atoms with Crippen LogP contribution in [0.25, 0.3) is 10.8 Å². The summed E-state index contributed by atoms with van der Waals surface area (Å²) in [4.78, 5) is -0.497. The molecule has 0 heterocycles. The van der Waals surface area contributed by atoms with Gasteiger partial charge in [-0.15, -0.1) is 0 Å². The fourth-order valence-corrected chi connectivity index (χ4v) is 1.97. The Morgan fingerprint density at radius 1 is 1.06 bits per heavy atom. The summed E-state index contributed by atoms with van der Waals surface area (Å²) in [6.07, 6.45) is 0. The Morgan fingerprint density at radius 3 is 2.29 bits per heavy atom. The highest BCUT2D eigenvalue weighted by atomic mass is 32.2. The molecule has 92 valence electrons. The van der Waals surface area contributed by atoms with Crippen LogP contribution in [0.2, 0.25) is 0 Å². The molecular formula is C10H11NO5S. The van der Waals surface area contributed by atoms with E-state index in [2.05, 4.69) is 0 Å². The van der Waals surface area contributed by atoms with Crippen molar-refractivity contribution in [3.8, 4) is 11.5 Å². The van der Waals surface area contributed by atoms with Gasteiger partial charge < -0.3 is 20.9 Å². The number of phenolic OH excluding ortho intramolecular Hbond substituents is 2. The SMILES string of the molecule is O=S(=O)([O-])c1cc(O)c2cc(O)ccc2c1.[NH4+]. The zero-order valence-corrected chi connectivity index (χ0v) is 9.73. The average Bonchev–Trinajstić information content (AvgIpc) is 2.17. The summed E-state index contributed by atoms with van der Waals surface area (Å²) in [7, 11) is -4.60. The van der Waals surface area contributed by atoms with E-state index in [1.54, 1.807) is 0 Å². The Hall–Kier alpha value is -1.83. The molecule has 0 fully saturated rings. The summed E-state index contributed by atoms with van der Waals surface area (Å²) < 4.78 is 32.3. The average molecular weight is 257 g/mol. The van der Waals surface area contributed by atoms with Crippen LogP contribution in [0.15, 0.2) is 35.2 Å². The molecule has 2 aromatic rings. The first kappa shape index (κ1) is 13.2. The molecule has 0 aliphatic carbocycles. The molecule has 2 rings (SSSR count). The maximum Gasteiger partial charge on any atom is 0.124 e. The van der Waals surface area contributed by atoms with E-state index in [0.29, 0.717) is 5.39 Å². The summed E-state index contributed by atoms with van der Waals surface area (Å²) in [5.74, 6) is -0.414. The molecular weight excluding hydrogens is 246 g/mol. The monoisotopic (exact) mass is 257 g/mol. The number of fused-ring (bicyclic) bond motifs is 1. The van der Waals surface area contributed by atoms with Crippen molar-refractivity contribution in [2.45, 2.75) is 4.90 Å². The molecule has 0 amide bonds.